The number of aryl methyl sites for hydroxylation is 2. The fraction of sp³-hybridized carbons (Fsp3) is 0.286. The molecule has 0 aliphatic carbocycles. The third kappa shape index (κ3) is 7.90. The van der Waals surface area contributed by atoms with E-state index in [0.717, 1.165) is 22.4 Å². The summed E-state index contributed by atoms with van der Waals surface area (Å²) < 4.78 is 32.9. The molecule has 37 heavy (non-hydrogen) atoms. The molecule has 9 heteroatoms. The number of carbonyl (C=O) groups excluding carboxylic acids is 2. The molecule has 0 bridgehead atoms. The molecule has 0 fully saturated rings. The van der Waals surface area contributed by atoms with E-state index in [0.29, 0.717) is 12.2 Å². The summed E-state index contributed by atoms with van der Waals surface area (Å²) >= 11 is 0. The van der Waals surface area contributed by atoms with Gasteiger partial charge in [-0.25, -0.2) is 13.1 Å². The molecule has 0 atom stereocenters. The Morgan fingerprint density at radius 1 is 0.838 bits per heavy atom. The minimum absolute atomic E-state index is 0.0680. The molecule has 0 heterocycles. The molecule has 8 nitrogen and oxygen atoms in total. The predicted molar refractivity (Wildman–Crippen MR) is 143 cm³/mol. The highest BCUT2D eigenvalue weighted by molar-refractivity contribution is 7.89. The highest BCUT2D eigenvalue weighted by Gasteiger charge is 2.17. The molecule has 3 rings (SSSR count). The summed E-state index contributed by atoms with van der Waals surface area (Å²) in [7, 11) is -3.86. The molecule has 196 valence electrons. The van der Waals surface area contributed by atoms with Gasteiger partial charge in [-0.3, -0.25) is 20.4 Å². The molecule has 0 spiro atoms. The lowest BCUT2D eigenvalue weighted by Gasteiger charge is -2.19. The van der Waals surface area contributed by atoms with Gasteiger partial charge in [0.1, 0.15) is 12.4 Å². The lowest BCUT2D eigenvalue weighted by Crippen LogP contribution is -2.46. The van der Waals surface area contributed by atoms with Crippen LogP contribution in [0.1, 0.15) is 53.4 Å². The van der Waals surface area contributed by atoms with Crippen molar-refractivity contribution >= 4 is 21.8 Å². The summed E-state index contributed by atoms with van der Waals surface area (Å²) in [6.45, 7) is 9.96. The zero-order valence-corrected chi connectivity index (χ0v) is 22.5. The number of hydrogen-bond donors (Lipinski definition) is 3. The Kier molecular flexibility index (Phi) is 8.73. The molecule has 0 saturated carbocycles. The summed E-state index contributed by atoms with van der Waals surface area (Å²) in [5.41, 5.74) is 8.78. The molecule has 0 aromatic heterocycles. The van der Waals surface area contributed by atoms with Crippen LogP contribution < -0.4 is 20.3 Å². The molecule has 0 saturated heterocycles. The fourth-order valence-electron chi connectivity index (χ4n) is 3.34. The predicted octanol–water partition coefficient (Wildman–Crippen LogP) is 3.92. The van der Waals surface area contributed by atoms with Gasteiger partial charge in [-0.15, -0.1) is 0 Å². The number of nitrogens with one attached hydrogen (secondary N) is 3. The fourth-order valence-corrected chi connectivity index (χ4v) is 4.40. The van der Waals surface area contributed by atoms with E-state index in [9.17, 15) is 18.0 Å². The van der Waals surface area contributed by atoms with Gasteiger partial charge in [0.25, 0.3) is 11.8 Å². The van der Waals surface area contributed by atoms with Crippen molar-refractivity contribution in [2.45, 2.75) is 51.5 Å². The lowest BCUT2D eigenvalue weighted by atomic mass is 9.87. The van der Waals surface area contributed by atoms with E-state index in [4.69, 9.17) is 4.74 Å². The Morgan fingerprint density at radius 3 is 2.08 bits per heavy atom. The zero-order chi connectivity index (χ0) is 27.2. The maximum atomic E-state index is 12.4. The lowest BCUT2D eigenvalue weighted by molar-refractivity contribution is -0.120. The van der Waals surface area contributed by atoms with E-state index in [-0.39, 0.29) is 10.3 Å². The number of hydrogen-bond acceptors (Lipinski definition) is 5. The van der Waals surface area contributed by atoms with Crippen LogP contribution in [0.15, 0.2) is 71.6 Å². The van der Waals surface area contributed by atoms with Gasteiger partial charge in [0.15, 0.2) is 0 Å². The molecule has 0 radical (unpaired) electrons. The van der Waals surface area contributed by atoms with Crippen LogP contribution in [0.25, 0.3) is 0 Å². The topological polar surface area (TPSA) is 114 Å². The van der Waals surface area contributed by atoms with Crippen molar-refractivity contribution in [3.63, 3.8) is 0 Å². The average Bonchev–Trinajstić information content (AvgIpc) is 2.86. The number of rotatable bonds is 8. The molecule has 2 amide bonds. The second-order valence-corrected chi connectivity index (χ2v) is 11.6. The minimum atomic E-state index is -3.86. The average molecular weight is 524 g/mol. The van der Waals surface area contributed by atoms with Crippen molar-refractivity contribution in [3.05, 3.63) is 94.5 Å². The molecule has 0 aliphatic heterocycles. The van der Waals surface area contributed by atoms with E-state index in [1.165, 1.54) is 17.7 Å². The molecular weight excluding hydrogens is 490 g/mol. The van der Waals surface area contributed by atoms with Gasteiger partial charge < -0.3 is 4.74 Å². The summed E-state index contributed by atoms with van der Waals surface area (Å²) in [6, 6.07) is 19.4. The number of amides is 2. The Morgan fingerprint density at radius 2 is 1.49 bits per heavy atom. The van der Waals surface area contributed by atoms with Crippen LogP contribution in [0, 0.1) is 13.8 Å². The normalized spacial score (nSPS) is 11.6. The summed E-state index contributed by atoms with van der Waals surface area (Å²) in [4.78, 5) is 24.5. The van der Waals surface area contributed by atoms with E-state index in [1.807, 2.05) is 38.1 Å². The Labute approximate surface area is 218 Å². The molecule has 3 N–H and O–H groups in total. The van der Waals surface area contributed by atoms with E-state index in [2.05, 4.69) is 36.3 Å². The molecule has 3 aromatic rings. The first-order valence-corrected chi connectivity index (χ1v) is 13.3. The van der Waals surface area contributed by atoms with Gasteiger partial charge in [0.2, 0.25) is 10.0 Å². The summed E-state index contributed by atoms with van der Waals surface area (Å²) in [5, 5.41) is 0. The van der Waals surface area contributed by atoms with Crippen molar-refractivity contribution in [3.8, 4) is 5.75 Å². The SMILES string of the molecule is Cc1ccc(S(=O)(=O)NCC(=O)NNC(=O)c2ccc(COc3ccc(C(C)(C)C)cc3)cc2)cc1C. The van der Waals surface area contributed by atoms with Crippen LogP contribution in [0.3, 0.4) is 0 Å². The first-order valence-electron chi connectivity index (χ1n) is 11.8. The maximum absolute atomic E-state index is 12.4. The Bertz CT molecular complexity index is 1360. The van der Waals surface area contributed by atoms with E-state index in [1.54, 1.807) is 30.3 Å². The second-order valence-electron chi connectivity index (χ2n) is 9.83. The van der Waals surface area contributed by atoms with Crippen LogP contribution in [-0.4, -0.2) is 26.8 Å². The van der Waals surface area contributed by atoms with Gasteiger partial charge in [-0.05, 0) is 77.9 Å². The zero-order valence-electron chi connectivity index (χ0n) is 21.7. The number of carbonyl (C=O) groups is 2. The smallest absolute Gasteiger partial charge is 0.269 e. The third-order valence-electron chi connectivity index (χ3n) is 5.87. The highest BCUT2D eigenvalue weighted by Crippen LogP contribution is 2.24. The minimum Gasteiger partial charge on any atom is -0.489 e. The van der Waals surface area contributed by atoms with Crippen molar-refractivity contribution in [2.75, 3.05) is 6.54 Å². The molecular formula is C28H33N3O5S. The Hall–Kier alpha value is -3.69. The monoisotopic (exact) mass is 523 g/mol. The van der Waals surface area contributed by atoms with Gasteiger partial charge >= 0.3 is 0 Å². The van der Waals surface area contributed by atoms with Gasteiger partial charge in [-0.1, -0.05) is 51.1 Å². The summed E-state index contributed by atoms with van der Waals surface area (Å²) in [5.74, 6) is -0.482. The molecule has 0 unspecified atom stereocenters. The number of ether oxygens (including phenoxy) is 1. The maximum Gasteiger partial charge on any atom is 0.269 e. The first kappa shape index (κ1) is 27.9. The highest BCUT2D eigenvalue weighted by atomic mass is 32.2. The van der Waals surface area contributed by atoms with Crippen molar-refractivity contribution in [2.24, 2.45) is 0 Å². The van der Waals surface area contributed by atoms with E-state index >= 15 is 0 Å². The van der Waals surface area contributed by atoms with Crippen LogP contribution in [0.2, 0.25) is 0 Å². The standard InChI is InChI=1S/C28H33N3O5S/c1-19-6-15-25(16-20(19)2)37(34,35)29-17-26(32)30-31-27(33)22-9-7-21(8-10-22)18-36-24-13-11-23(12-14-24)28(3,4)5/h6-16,29H,17-18H2,1-5H3,(H,30,32)(H,31,33). The number of hydrazine groups is 1. The molecule has 3 aromatic carbocycles. The van der Waals surface area contributed by atoms with Crippen LogP contribution in [0.5, 0.6) is 5.75 Å². The second kappa shape index (κ2) is 11.6. The quantitative estimate of drug-likeness (QED) is 0.387. The largest absolute Gasteiger partial charge is 0.489 e. The number of benzene rings is 3. The van der Waals surface area contributed by atoms with Crippen molar-refractivity contribution in [1.82, 2.24) is 15.6 Å². The van der Waals surface area contributed by atoms with Gasteiger partial charge in [0.05, 0.1) is 11.4 Å². The number of sulfonamides is 1. The van der Waals surface area contributed by atoms with Gasteiger partial charge in [0, 0.05) is 5.56 Å². The third-order valence-corrected chi connectivity index (χ3v) is 7.27. The van der Waals surface area contributed by atoms with Gasteiger partial charge in [-0.2, -0.15) is 0 Å². The van der Waals surface area contributed by atoms with Crippen LogP contribution in [-0.2, 0) is 26.8 Å². The first-order chi connectivity index (χ1) is 17.3. The van der Waals surface area contributed by atoms with Crippen LogP contribution >= 0.6 is 0 Å². The van der Waals surface area contributed by atoms with Crippen LogP contribution in [0.4, 0.5) is 0 Å². The van der Waals surface area contributed by atoms with Crippen molar-refractivity contribution in [1.29, 1.82) is 0 Å². The van der Waals surface area contributed by atoms with Crippen molar-refractivity contribution < 1.29 is 22.7 Å². The Balaban J connectivity index is 1.45. The molecule has 0 aliphatic rings. The summed E-state index contributed by atoms with van der Waals surface area (Å²) in [6.07, 6.45) is 0. The van der Waals surface area contributed by atoms with E-state index < -0.39 is 28.4 Å².